The van der Waals surface area contributed by atoms with Gasteiger partial charge in [0.1, 0.15) is 0 Å². The van der Waals surface area contributed by atoms with E-state index in [0.717, 1.165) is 23.7 Å². The van der Waals surface area contributed by atoms with Crippen LogP contribution in [-0.4, -0.2) is 0 Å². The van der Waals surface area contributed by atoms with Gasteiger partial charge in [-0.05, 0) is 49.4 Å². The number of hydrogen-bond acceptors (Lipinski definition) is 0. The highest BCUT2D eigenvalue weighted by molar-refractivity contribution is 4.82. The maximum absolute atomic E-state index is 2.33. The zero-order valence-corrected chi connectivity index (χ0v) is 19.2. The lowest BCUT2D eigenvalue weighted by molar-refractivity contribution is 0.139. The number of rotatable bonds is 14. The zero-order chi connectivity index (χ0) is 19.2. The molecule has 0 bridgehead atoms. The Morgan fingerprint density at radius 3 is 1.15 bits per heavy atom. The van der Waals surface area contributed by atoms with Crippen molar-refractivity contribution >= 4 is 0 Å². The molecule has 0 radical (unpaired) electrons. The molecule has 0 N–H and O–H groups in total. The van der Waals surface area contributed by atoms with E-state index >= 15 is 0 Å². The first-order valence-electron chi connectivity index (χ1n) is 13.3. The normalized spacial score (nSPS) is 29.1. The highest BCUT2D eigenvalue weighted by Crippen LogP contribution is 2.43. The molecule has 0 heteroatoms. The van der Waals surface area contributed by atoms with E-state index in [2.05, 4.69) is 13.8 Å². The van der Waals surface area contributed by atoms with E-state index in [1.807, 2.05) is 0 Å². The third-order valence-corrected chi connectivity index (χ3v) is 8.13. The fourth-order valence-corrected chi connectivity index (χ4v) is 6.15. The van der Waals surface area contributed by atoms with Gasteiger partial charge in [0.05, 0.1) is 0 Å². The largest absolute Gasteiger partial charge is 0.0654 e. The molecule has 0 spiro atoms. The second kappa shape index (κ2) is 14.9. The van der Waals surface area contributed by atoms with Crippen LogP contribution in [0.25, 0.3) is 0 Å². The summed E-state index contributed by atoms with van der Waals surface area (Å²) in [7, 11) is 0. The van der Waals surface area contributed by atoms with Crippen LogP contribution in [0.3, 0.4) is 0 Å². The van der Waals surface area contributed by atoms with E-state index in [1.54, 1.807) is 57.8 Å². The molecule has 2 saturated carbocycles. The Kier molecular flexibility index (Phi) is 12.9. The standard InChI is InChI=1S/C27H52/c1-3-5-7-9-10-11-13-15-25-18-22-27(23-19-25)26-20-16-24(17-21-26)14-12-8-6-4-2/h24-27H,3-23H2,1-2H3/t24-,25?,26-,27?. The molecule has 2 fully saturated rings. The van der Waals surface area contributed by atoms with Crippen LogP contribution in [-0.2, 0) is 0 Å². The van der Waals surface area contributed by atoms with Crippen LogP contribution in [0.15, 0.2) is 0 Å². The second-order valence-corrected chi connectivity index (χ2v) is 10.3. The summed E-state index contributed by atoms with van der Waals surface area (Å²) in [6.07, 6.45) is 31.8. The van der Waals surface area contributed by atoms with Crippen molar-refractivity contribution in [3.05, 3.63) is 0 Å². The molecule has 0 aromatic carbocycles. The predicted octanol–water partition coefficient (Wildman–Crippen LogP) is 9.71. The smallest absolute Gasteiger partial charge is 0.0386 e. The minimum atomic E-state index is 1.09. The Morgan fingerprint density at radius 2 is 0.741 bits per heavy atom. The van der Waals surface area contributed by atoms with E-state index in [4.69, 9.17) is 0 Å². The van der Waals surface area contributed by atoms with Gasteiger partial charge in [0.2, 0.25) is 0 Å². The molecular weight excluding hydrogens is 324 g/mol. The van der Waals surface area contributed by atoms with Gasteiger partial charge in [-0.15, -0.1) is 0 Å². The van der Waals surface area contributed by atoms with Crippen LogP contribution in [0.5, 0.6) is 0 Å². The van der Waals surface area contributed by atoms with Gasteiger partial charge in [0.25, 0.3) is 0 Å². The van der Waals surface area contributed by atoms with Crippen molar-refractivity contribution in [2.24, 2.45) is 23.7 Å². The molecule has 160 valence electrons. The van der Waals surface area contributed by atoms with Gasteiger partial charge in [-0.1, -0.05) is 123 Å². The monoisotopic (exact) mass is 376 g/mol. The van der Waals surface area contributed by atoms with E-state index in [9.17, 15) is 0 Å². The molecule has 2 rings (SSSR count). The van der Waals surface area contributed by atoms with Crippen LogP contribution < -0.4 is 0 Å². The third kappa shape index (κ3) is 9.85. The first kappa shape index (κ1) is 23.3. The van der Waals surface area contributed by atoms with Gasteiger partial charge in [0, 0.05) is 0 Å². The highest BCUT2D eigenvalue weighted by atomic mass is 14.4. The lowest BCUT2D eigenvalue weighted by Gasteiger charge is -2.38. The molecule has 0 heterocycles. The minimum absolute atomic E-state index is 1.09. The summed E-state index contributed by atoms with van der Waals surface area (Å²) in [5.74, 6) is 4.39. The van der Waals surface area contributed by atoms with Crippen molar-refractivity contribution in [2.45, 2.75) is 149 Å². The summed E-state index contributed by atoms with van der Waals surface area (Å²) in [5.41, 5.74) is 0. The summed E-state index contributed by atoms with van der Waals surface area (Å²) < 4.78 is 0. The molecule has 0 unspecified atom stereocenters. The van der Waals surface area contributed by atoms with Crippen LogP contribution in [0, 0.1) is 23.7 Å². The maximum atomic E-state index is 2.33. The molecule has 0 aromatic rings. The summed E-state index contributed by atoms with van der Waals surface area (Å²) in [4.78, 5) is 0. The number of unbranched alkanes of at least 4 members (excludes halogenated alkanes) is 9. The Balaban J connectivity index is 1.47. The van der Waals surface area contributed by atoms with E-state index in [0.29, 0.717) is 0 Å². The second-order valence-electron chi connectivity index (χ2n) is 10.3. The minimum Gasteiger partial charge on any atom is -0.0654 e. The van der Waals surface area contributed by atoms with Crippen molar-refractivity contribution in [3.63, 3.8) is 0 Å². The summed E-state index contributed by atoms with van der Waals surface area (Å²) >= 11 is 0. The zero-order valence-electron chi connectivity index (χ0n) is 19.2. The first-order valence-corrected chi connectivity index (χ1v) is 13.3. The third-order valence-electron chi connectivity index (χ3n) is 8.13. The van der Waals surface area contributed by atoms with Gasteiger partial charge in [0.15, 0.2) is 0 Å². The van der Waals surface area contributed by atoms with Crippen molar-refractivity contribution in [3.8, 4) is 0 Å². The van der Waals surface area contributed by atoms with Gasteiger partial charge in [-0.2, -0.15) is 0 Å². The Bertz CT molecular complexity index is 317. The molecule has 0 amide bonds. The van der Waals surface area contributed by atoms with Crippen LogP contribution in [0.4, 0.5) is 0 Å². The fourth-order valence-electron chi connectivity index (χ4n) is 6.15. The summed E-state index contributed by atoms with van der Waals surface area (Å²) in [6, 6.07) is 0. The average molecular weight is 377 g/mol. The van der Waals surface area contributed by atoms with Gasteiger partial charge >= 0.3 is 0 Å². The van der Waals surface area contributed by atoms with Crippen molar-refractivity contribution in [1.82, 2.24) is 0 Å². The summed E-state index contributed by atoms with van der Waals surface area (Å²) in [5, 5.41) is 0. The Hall–Kier alpha value is 0. The van der Waals surface area contributed by atoms with Crippen molar-refractivity contribution in [1.29, 1.82) is 0 Å². The molecule has 2 aliphatic rings. The highest BCUT2D eigenvalue weighted by Gasteiger charge is 2.30. The molecule has 0 aliphatic heterocycles. The SMILES string of the molecule is CCCCCCCCCC1CCC([C@H]2CC[C@H](CCCCCC)CC2)CC1. The fraction of sp³-hybridized carbons (Fsp3) is 1.00. The quantitative estimate of drug-likeness (QED) is 0.265. The predicted molar refractivity (Wildman–Crippen MR) is 122 cm³/mol. The average Bonchev–Trinajstić information content (AvgIpc) is 2.71. The lowest BCUT2D eigenvalue weighted by atomic mass is 9.68. The molecule has 27 heavy (non-hydrogen) atoms. The maximum Gasteiger partial charge on any atom is -0.0386 e. The van der Waals surface area contributed by atoms with E-state index in [-0.39, 0.29) is 0 Å². The number of hydrogen-bond donors (Lipinski definition) is 0. The molecule has 0 saturated heterocycles. The Labute approximate surface area is 172 Å². The lowest BCUT2D eigenvalue weighted by Crippen LogP contribution is -2.25. The van der Waals surface area contributed by atoms with Crippen molar-refractivity contribution < 1.29 is 0 Å². The van der Waals surface area contributed by atoms with Crippen molar-refractivity contribution in [2.75, 3.05) is 0 Å². The van der Waals surface area contributed by atoms with Gasteiger partial charge in [-0.3, -0.25) is 0 Å². The van der Waals surface area contributed by atoms with Gasteiger partial charge < -0.3 is 0 Å². The molecule has 0 nitrogen and oxygen atoms in total. The van der Waals surface area contributed by atoms with Crippen LogP contribution >= 0.6 is 0 Å². The van der Waals surface area contributed by atoms with Gasteiger partial charge in [-0.25, -0.2) is 0 Å². The summed E-state index contributed by atoms with van der Waals surface area (Å²) in [6.45, 7) is 4.64. The van der Waals surface area contributed by atoms with Crippen LogP contribution in [0.2, 0.25) is 0 Å². The van der Waals surface area contributed by atoms with E-state index < -0.39 is 0 Å². The molecule has 2 aliphatic carbocycles. The molecule has 0 atom stereocenters. The first-order chi connectivity index (χ1) is 13.3. The van der Waals surface area contributed by atoms with E-state index in [1.165, 1.54) is 77.0 Å². The topological polar surface area (TPSA) is 0 Å². The molecule has 0 aromatic heterocycles. The molecular formula is C27H52. The van der Waals surface area contributed by atoms with Crippen LogP contribution in [0.1, 0.15) is 149 Å². The Morgan fingerprint density at radius 1 is 0.407 bits per heavy atom.